The van der Waals surface area contributed by atoms with Crippen LogP contribution in [0.1, 0.15) is 0 Å². The van der Waals surface area contributed by atoms with Gasteiger partial charge in [0, 0.05) is 0 Å². The van der Waals surface area contributed by atoms with Crippen LogP contribution in [0.25, 0.3) is 0 Å². The SMILES string of the molecule is O=C([O-])/C=C/C(=O)[O-].O=C([O-])/C=C/C(=O)[O-].O=C([O-])/C=C/C(=O)[O-].[Fe+3].[Fe+3]. The summed E-state index contributed by atoms with van der Waals surface area (Å²) in [5, 5.41) is 56.5. The fraction of sp³-hybridized carbons (Fsp3) is 0. The minimum atomic E-state index is -1.55. The zero-order valence-electron chi connectivity index (χ0n) is 12.1. The minimum Gasteiger partial charge on any atom is -0.545 e. The zero-order chi connectivity index (χ0) is 19.7. The quantitative estimate of drug-likeness (QED) is 0.268. The molecule has 0 amide bonds. The van der Waals surface area contributed by atoms with E-state index >= 15 is 0 Å². The van der Waals surface area contributed by atoms with E-state index in [2.05, 4.69) is 0 Å². The second-order valence-corrected chi connectivity index (χ2v) is 2.91. The number of carboxylic acid groups (broad SMARTS) is 6. The third kappa shape index (κ3) is 58.2. The maximum absolute atomic E-state index is 9.41. The van der Waals surface area contributed by atoms with Crippen LogP contribution in [-0.2, 0) is 62.9 Å². The summed E-state index contributed by atoms with van der Waals surface area (Å²) in [5.74, 6) is -9.28. The Morgan fingerprint density at radius 2 is 0.423 bits per heavy atom. The minimum absolute atomic E-state index is 0. The average Bonchev–Trinajstić information content (AvgIpc) is 2.42. The fourth-order valence-corrected chi connectivity index (χ4v) is 0.408. The van der Waals surface area contributed by atoms with Gasteiger partial charge in [-0.2, -0.15) is 0 Å². The molecular formula is C12H6Fe2O12. The summed E-state index contributed by atoms with van der Waals surface area (Å²) in [5.41, 5.74) is 0. The first-order chi connectivity index (χ1) is 10.9. The van der Waals surface area contributed by atoms with Crippen molar-refractivity contribution in [2.75, 3.05) is 0 Å². The molecule has 0 aromatic rings. The van der Waals surface area contributed by atoms with E-state index in [4.69, 9.17) is 0 Å². The van der Waals surface area contributed by atoms with Crippen molar-refractivity contribution >= 4 is 35.8 Å². The summed E-state index contributed by atoms with van der Waals surface area (Å²) in [6, 6.07) is 0. The van der Waals surface area contributed by atoms with Gasteiger partial charge in [-0.05, 0) is 36.5 Å². The fourth-order valence-electron chi connectivity index (χ4n) is 0.408. The van der Waals surface area contributed by atoms with Crippen LogP contribution in [0.15, 0.2) is 36.5 Å². The molecule has 0 rings (SSSR count). The van der Waals surface area contributed by atoms with E-state index in [1.807, 2.05) is 0 Å². The summed E-state index contributed by atoms with van der Waals surface area (Å²) in [7, 11) is 0. The monoisotopic (exact) mass is 454 g/mol. The third-order valence-corrected chi connectivity index (χ3v) is 1.07. The largest absolute Gasteiger partial charge is 3.00 e. The Labute approximate surface area is 166 Å². The van der Waals surface area contributed by atoms with E-state index in [0.29, 0.717) is 36.5 Å². The van der Waals surface area contributed by atoms with Crippen molar-refractivity contribution in [3.8, 4) is 0 Å². The van der Waals surface area contributed by atoms with Crippen LogP contribution in [-0.4, -0.2) is 35.8 Å². The summed E-state index contributed by atoms with van der Waals surface area (Å²) in [4.78, 5) is 56.5. The predicted octanol–water partition coefficient (Wildman–Crippen LogP) is -8.88. The number of carbonyl (C=O) groups excluding carboxylic acids is 6. The molecule has 0 saturated carbocycles. The number of carbonyl (C=O) groups is 6. The van der Waals surface area contributed by atoms with Gasteiger partial charge in [-0.1, -0.05) is 0 Å². The van der Waals surface area contributed by atoms with Gasteiger partial charge in [-0.25, -0.2) is 0 Å². The van der Waals surface area contributed by atoms with Gasteiger partial charge in [0.1, 0.15) is 0 Å². The van der Waals surface area contributed by atoms with Gasteiger partial charge >= 0.3 is 34.1 Å². The van der Waals surface area contributed by atoms with E-state index in [9.17, 15) is 59.4 Å². The van der Waals surface area contributed by atoms with Crippen LogP contribution < -0.4 is 30.6 Å². The summed E-state index contributed by atoms with van der Waals surface area (Å²) in [6.45, 7) is 0. The van der Waals surface area contributed by atoms with Crippen molar-refractivity contribution in [3.63, 3.8) is 0 Å². The van der Waals surface area contributed by atoms with E-state index in [0.717, 1.165) is 0 Å². The smallest absolute Gasteiger partial charge is 0.545 e. The van der Waals surface area contributed by atoms with Gasteiger partial charge in [0.15, 0.2) is 0 Å². The molecule has 12 nitrogen and oxygen atoms in total. The van der Waals surface area contributed by atoms with Crippen molar-refractivity contribution in [1.29, 1.82) is 0 Å². The van der Waals surface area contributed by atoms with Crippen LogP contribution in [0.5, 0.6) is 0 Å². The molecule has 142 valence electrons. The topological polar surface area (TPSA) is 241 Å². The number of hydrogen-bond donors (Lipinski definition) is 0. The molecular weight excluding hydrogens is 448 g/mol. The van der Waals surface area contributed by atoms with Crippen molar-refractivity contribution < 1.29 is 93.5 Å². The Kier molecular flexibility index (Phi) is 29.2. The normalized spacial score (nSPS) is 8.77. The first-order valence-electron chi connectivity index (χ1n) is 5.18. The molecule has 0 N–H and O–H groups in total. The first-order valence-corrected chi connectivity index (χ1v) is 5.18. The second-order valence-electron chi connectivity index (χ2n) is 2.91. The van der Waals surface area contributed by atoms with Crippen LogP contribution in [0.2, 0.25) is 0 Å². The maximum Gasteiger partial charge on any atom is 3.00 e. The molecule has 0 unspecified atom stereocenters. The Morgan fingerprint density at radius 1 is 0.346 bits per heavy atom. The first kappa shape index (κ1) is 34.4. The molecule has 0 atom stereocenters. The molecule has 0 saturated heterocycles. The van der Waals surface area contributed by atoms with Crippen LogP contribution in [0.4, 0.5) is 0 Å². The Morgan fingerprint density at radius 3 is 0.462 bits per heavy atom. The van der Waals surface area contributed by atoms with Crippen molar-refractivity contribution in [1.82, 2.24) is 0 Å². The second kappa shape index (κ2) is 22.1. The van der Waals surface area contributed by atoms with Gasteiger partial charge in [-0.3, -0.25) is 0 Å². The standard InChI is InChI=1S/3C4H4O4.2Fe/c3*5-3(6)1-2-4(7)8;;/h3*1-2H,(H,5,6)(H,7,8);;/q;;;2*+3/p-6/b3*2-1+;;. The number of aliphatic carboxylic acids is 6. The molecule has 0 aliphatic carbocycles. The van der Waals surface area contributed by atoms with E-state index < -0.39 is 35.8 Å². The van der Waals surface area contributed by atoms with E-state index in [1.165, 1.54) is 0 Å². The van der Waals surface area contributed by atoms with Crippen molar-refractivity contribution in [3.05, 3.63) is 36.5 Å². The van der Waals surface area contributed by atoms with Gasteiger partial charge in [0.05, 0.1) is 35.8 Å². The molecule has 0 fully saturated rings. The predicted molar refractivity (Wildman–Crippen MR) is 57.5 cm³/mol. The molecule has 0 bridgehead atoms. The average molecular weight is 454 g/mol. The maximum atomic E-state index is 9.41. The Bertz CT molecular complexity index is 448. The van der Waals surface area contributed by atoms with Crippen molar-refractivity contribution in [2.45, 2.75) is 0 Å². The summed E-state index contributed by atoms with van der Waals surface area (Å²) < 4.78 is 0. The van der Waals surface area contributed by atoms with Gasteiger partial charge in [-0.15, -0.1) is 0 Å². The van der Waals surface area contributed by atoms with Crippen LogP contribution in [0.3, 0.4) is 0 Å². The number of rotatable bonds is 6. The Hall–Kier alpha value is -2.92. The molecule has 0 aromatic heterocycles. The number of carboxylic acids is 6. The van der Waals surface area contributed by atoms with Gasteiger partial charge < -0.3 is 59.4 Å². The molecule has 0 spiro atoms. The van der Waals surface area contributed by atoms with E-state index in [1.54, 1.807) is 0 Å². The van der Waals surface area contributed by atoms with Crippen LogP contribution in [0, 0.1) is 0 Å². The summed E-state index contributed by atoms with van der Waals surface area (Å²) in [6.07, 6.45) is 2.31. The zero-order valence-corrected chi connectivity index (χ0v) is 14.3. The van der Waals surface area contributed by atoms with Gasteiger partial charge in [0.25, 0.3) is 0 Å². The molecule has 26 heavy (non-hydrogen) atoms. The van der Waals surface area contributed by atoms with Crippen molar-refractivity contribution in [2.24, 2.45) is 0 Å². The molecule has 0 aliphatic heterocycles. The number of hydrogen-bond acceptors (Lipinski definition) is 12. The third-order valence-electron chi connectivity index (χ3n) is 1.07. The molecule has 0 aromatic carbocycles. The molecule has 0 heterocycles. The summed E-state index contributed by atoms with van der Waals surface area (Å²) >= 11 is 0. The molecule has 0 aliphatic rings. The molecule has 14 heteroatoms. The molecule has 2 radical (unpaired) electrons. The van der Waals surface area contributed by atoms with Crippen LogP contribution >= 0.6 is 0 Å². The Balaban J connectivity index is -0.0000000817. The van der Waals surface area contributed by atoms with E-state index in [-0.39, 0.29) is 34.1 Å². The van der Waals surface area contributed by atoms with Gasteiger partial charge in [0.2, 0.25) is 0 Å².